The fourth-order valence-corrected chi connectivity index (χ4v) is 3.03. The zero-order valence-corrected chi connectivity index (χ0v) is 11.8. The number of nitrogens with two attached hydrogens (primary N) is 1. The molecule has 0 aliphatic rings. The molecule has 0 spiro atoms. The van der Waals surface area contributed by atoms with E-state index in [1.807, 2.05) is 30.3 Å². The Morgan fingerprint density at radius 3 is 2.89 bits per heavy atom. The van der Waals surface area contributed by atoms with E-state index < -0.39 is 0 Å². The van der Waals surface area contributed by atoms with E-state index in [0.29, 0.717) is 10.7 Å². The summed E-state index contributed by atoms with van der Waals surface area (Å²) in [6.45, 7) is 2.05. The molecule has 3 N–H and O–H groups in total. The Hall–Kier alpha value is -1.65. The predicted molar refractivity (Wildman–Crippen MR) is 80.8 cm³/mol. The Labute approximate surface area is 120 Å². The number of nitrogens with one attached hydrogen (secondary N) is 1. The van der Waals surface area contributed by atoms with Crippen molar-refractivity contribution in [2.45, 2.75) is 17.0 Å². The first kappa shape index (κ1) is 12.4. The molecule has 2 aromatic carbocycles. The maximum Gasteiger partial charge on any atom is 0.171 e. The number of nitrogen functional groups attached to an aromatic ring is 1. The first-order chi connectivity index (χ1) is 9.13. The third-order valence-electron chi connectivity index (χ3n) is 2.81. The Morgan fingerprint density at radius 2 is 2.11 bits per heavy atom. The Kier molecular flexibility index (Phi) is 3.12. The number of nitrogens with zero attached hydrogens (tertiary/aromatic N) is 1. The minimum atomic E-state index is 0.640. The van der Waals surface area contributed by atoms with E-state index in [1.165, 1.54) is 17.3 Å². The van der Waals surface area contributed by atoms with E-state index >= 15 is 0 Å². The van der Waals surface area contributed by atoms with Crippen molar-refractivity contribution >= 4 is 40.1 Å². The smallest absolute Gasteiger partial charge is 0.171 e. The van der Waals surface area contributed by atoms with Gasteiger partial charge in [0.05, 0.1) is 21.0 Å². The van der Waals surface area contributed by atoms with Gasteiger partial charge in [-0.2, -0.15) is 0 Å². The van der Waals surface area contributed by atoms with Crippen LogP contribution in [-0.2, 0) is 0 Å². The SMILES string of the molecule is Cc1ccc2nc(Sc3c(N)cccc3Cl)[nH]c2c1. The van der Waals surface area contributed by atoms with Gasteiger partial charge in [-0.25, -0.2) is 4.98 Å². The number of aromatic nitrogens is 2. The second-order valence-electron chi connectivity index (χ2n) is 4.32. The zero-order valence-electron chi connectivity index (χ0n) is 10.3. The molecule has 0 bridgehead atoms. The Morgan fingerprint density at radius 1 is 1.26 bits per heavy atom. The van der Waals surface area contributed by atoms with Crippen LogP contribution in [-0.4, -0.2) is 9.97 Å². The zero-order chi connectivity index (χ0) is 13.4. The van der Waals surface area contributed by atoms with Gasteiger partial charge in [0, 0.05) is 5.69 Å². The average Bonchev–Trinajstić information content (AvgIpc) is 2.75. The standard InChI is InChI=1S/C14H12ClN3S/c1-8-5-6-11-12(7-8)18-14(17-11)19-13-9(15)3-2-4-10(13)16/h2-7H,16H2,1H3,(H,17,18). The van der Waals surface area contributed by atoms with Crippen molar-refractivity contribution in [3.05, 3.63) is 47.0 Å². The predicted octanol–water partition coefficient (Wildman–Crippen LogP) is 4.26. The van der Waals surface area contributed by atoms with Crippen molar-refractivity contribution in [2.75, 3.05) is 5.73 Å². The van der Waals surface area contributed by atoms with Gasteiger partial charge in [-0.15, -0.1) is 0 Å². The Bertz CT molecular complexity index is 731. The summed E-state index contributed by atoms with van der Waals surface area (Å²) in [5.74, 6) is 0. The highest BCUT2D eigenvalue weighted by molar-refractivity contribution is 7.99. The van der Waals surface area contributed by atoms with Crippen LogP contribution in [0.3, 0.4) is 0 Å². The summed E-state index contributed by atoms with van der Waals surface area (Å²) in [6.07, 6.45) is 0. The summed E-state index contributed by atoms with van der Waals surface area (Å²) >= 11 is 7.61. The van der Waals surface area contributed by atoms with Crippen molar-refractivity contribution in [2.24, 2.45) is 0 Å². The lowest BCUT2D eigenvalue weighted by Gasteiger charge is -2.04. The number of aryl methyl sites for hydroxylation is 1. The van der Waals surface area contributed by atoms with Gasteiger partial charge in [-0.1, -0.05) is 23.7 Å². The minimum absolute atomic E-state index is 0.640. The largest absolute Gasteiger partial charge is 0.398 e. The van der Waals surface area contributed by atoms with Crippen LogP contribution in [0.1, 0.15) is 5.56 Å². The number of rotatable bonds is 2. The van der Waals surface area contributed by atoms with Gasteiger partial charge in [-0.3, -0.25) is 0 Å². The number of hydrogen-bond donors (Lipinski definition) is 2. The summed E-state index contributed by atoms with van der Waals surface area (Å²) in [5.41, 5.74) is 9.77. The highest BCUT2D eigenvalue weighted by Crippen LogP contribution is 2.36. The Balaban J connectivity index is 2.01. The molecular weight excluding hydrogens is 278 g/mol. The lowest BCUT2D eigenvalue weighted by atomic mass is 10.2. The molecule has 0 radical (unpaired) electrons. The summed E-state index contributed by atoms with van der Waals surface area (Å²) in [5, 5.41) is 1.43. The molecule has 5 heteroatoms. The quantitative estimate of drug-likeness (QED) is 0.693. The number of H-pyrrole nitrogens is 1. The molecule has 1 aromatic heterocycles. The average molecular weight is 290 g/mol. The summed E-state index contributed by atoms with van der Waals surface area (Å²) < 4.78 is 0. The van der Waals surface area contributed by atoms with Crippen LogP contribution in [0.4, 0.5) is 5.69 Å². The molecule has 0 aliphatic carbocycles. The molecule has 1 heterocycles. The number of benzene rings is 2. The number of halogens is 1. The molecule has 0 amide bonds. The van der Waals surface area contributed by atoms with Gasteiger partial charge in [0.2, 0.25) is 0 Å². The lowest BCUT2D eigenvalue weighted by Crippen LogP contribution is -1.89. The van der Waals surface area contributed by atoms with E-state index in [0.717, 1.165) is 21.1 Å². The normalized spacial score (nSPS) is 11.1. The van der Waals surface area contributed by atoms with Gasteiger partial charge in [0.15, 0.2) is 5.16 Å². The molecule has 3 aromatic rings. The molecule has 96 valence electrons. The summed E-state index contributed by atoms with van der Waals surface area (Å²) in [7, 11) is 0. The number of imidazole rings is 1. The van der Waals surface area contributed by atoms with Crippen molar-refractivity contribution < 1.29 is 0 Å². The molecule has 0 aliphatic heterocycles. The highest BCUT2D eigenvalue weighted by atomic mass is 35.5. The second-order valence-corrected chi connectivity index (χ2v) is 5.73. The highest BCUT2D eigenvalue weighted by Gasteiger charge is 2.10. The van der Waals surface area contributed by atoms with Gasteiger partial charge in [0.25, 0.3) is 0 Å². The van der Waals surface area contributed by atoms with Crippen LogP contribution >= 0.6 is 23.4 Å². The van der Waals surface area contributed by atoms with E-state index in [1.54, 1.807) is 0 Å². The van der Waals surface area contributed by atoms with E-state index in [2.05, 4.69) is 23.0 Å². The topological polar surface area (TPSA) is 54.7 Å². The van der Waals surface area contributed by atoms with Crippen molar-refractivity contribution in [3.63, 3.8) is 0 Å². The maximum absolute atomic E-state index is 6.16. The van der Waals surface area contributed by atoms with E-state index in [4.69, 9.17) is 17.3 Å². The van der Waals surface area contributed by atoms with Gasteiger partial charge >= 0.3 is 0 Å². The number of anilines is 1. The van der Waals surface area contributed by atoms with Crippen molar-refractivity contribution in [1.82, 2.24) is 9.97 Å². The second kappa shape index (κ2) is 4.79. The van der Waals surface area contributed by atoms with Crippen LogP contribution in [0, 0.1) is 6.92 Å². The minimum Gasteiger partial charge on any atom is -0.398 e. The van der Waals surface area contributed by atoms with Crippen LogP contribution in [0.15, 0.2) is 46.5 Å². The molecule has 19 heavy (non-hydrogen) atoms. The van der Waals surface area contributed by atoms with Gasteiger partial charge in [-0.05, 0) is 48.5 Å². The van der Waals surface area contributed by atoms with Crippen LogP contribution in [0.25, 0.3) is 11.0 Å². The molecule has 0 saturated carbocycles. The first-order valence-corrected chi connectivity index (χ1v) is 7.01. The molecular formula is C14H12ClN3S. The molecule has 0 fully saturated rings. The number of fused-ring (bicyclic) bond motifs is 1. The van der Waals surface area contributed by atoms with Gasteiger partial charge < -0.3 is 10.7 Å². The fraction of sp³-hybridized carbons (Fsp3) is 0.0714. The third-order valence-corrected chi connectivity index (χ3v) is 4.29. The van der Waals surface area contributed by atoms with E-state index in [9.17, 15) is 0 Å². The molecule has 0 saturated heterocycles. The van der Waals surface area contributed by atoms with Crippen LogP contribution < -0.4 is 5.73 Å². The van der Waals surface area contributed by atoms with Gasteiger partial charge in [0.1, 0.15) is 0 Å². The lowest BCUT2D eigenvalue weighted by molar-refractivity contribution is 1.08. The molecule has 3 rings (SSSR count). The fourth-order valence-electron chi connectivity index (χ4n) is 1.88. The summed E-state index contributed by atoms with van der Waals surface area (Å²) in [4.78, 5) is 8.63. The summed E-state index contributed by atoms with van der Waals surface area (Å²) in [6, 6.07) is 11.6. The molecule has 3 nitrogen and oxygen atoms in total. The van der Waals surface area contributed by atoms with E-state index in [-0.39, 0.29) is 0 Å². The van der Waals surface area contributed by atoms with Crippen molar-refractivity contribution in [3.8, 4) is 0 Å². The van der Waals surface area contributed by atoms with Crippen molar-refractivity contribution in [1.29, 1.82) is 0 Å². The van der Waals surface area contributed by atoms with Crippen LogP contribution in [0.2, 0.25) is 5.02 Å². The third kappa shape index (κ3) is 2.41. The number of aromatic amines is 1. The first-order valence-electron chi connectivity index (χ1n) is 5.82. The molecule has 0 atom stereocenters. The van der Waals surface area contributed by atoms with Crippen LogP contribution in [0.5, 0.6) is 0 Å². The maximum atomic E-state index is 6.16. The number of hydrogen-bond acceptors (Lipinski definition) is 3. The monoisotopic (exact) mass is 289 g/mol. The molecule has 0 unspecified atom stereocenters.